The second-order valence-electron chi connectivity index (χ2n) is 7.28. The van der Waals surface area contributed by atoms with Crippen molar-refractivity contribution in [2.24, 2.45) is 0 Å². The summed E-state index contributed by atoms with van der Waals surface area (Å²) in [6, 6.07) is 17.4. The molecule has 154 valence electrons. The van der Waals surface area contributed by atoms with E-state index in [9.17, 15) is 9.59 Å². The van der Waals surface area contributed by atoms with Crippen LogP contribution in [-0.2, 0) is 9.59 Å². The summed E-state index contributed by atoms with van der Waals surface area (Å²) < 4.78 is 1.91. The topological polar surface area (TPSA) is 67.2 Å². The van der Waals surface area contributed by atoms with Gasteiger partial charge in [0.05, 0.1) is 27.7 Å². The summed E-state index contributed by atoms with van der Waals surface area (Å²) in [5.41, 5.74) is 4.55. The molecule has 0 atom stereocenters. The van der Waals surface area contributed by atoms with Gasteiger partial charge in [0, 0.05) is 24.3 Å². The Bertz CT molecular complexity index is 1060. The van der Waals surface area contributed by atoms with Crippen molar-refractivity contribution in [2.75, 3.05) is 22.5 Å². The largest absolute Gasteiger partial charge is 0.325 e. The number of carbonyl (C=O) groups excluding carboxylic acids is 2. The van der Waals surface area contributed by atoms with Crippen molar-refractivity contribution in [3.8, 4) is 5.69 Å². The maximum absolute atomic E-state index is 12.5. The monoisotopic (exact) mass is 420 g/mol. The zero-order chi connectivity index (χ0) is 21.1. The highest BCUT2D eigenvalue weighted by atomic mass is 32.2. The first kappa shape index (κ1) is 20.2. The zero-order valence-electron chi connectivity index (χ0n) is 17.1. The Morgan fingerprint density at radius 3 is 2.47 bits per heavy atom. The molecule has 1 fully saturated rings. The second-order valence-corrected chi connectivity index (χ2v) is 8.27. The molecular weight excluding hydrogens is 396 g/mol. The van der Waals surface area contributed by atoms with E-state index in [0.717, 1.165) is 46.3 Å². The molecule has 7 heteroatoms. The number of hydrogen-bond donors (Lipinski definition) is 1. The number of hydrogen-bond acceptors (Lipinski definition) is 4. The van der Waals surface area contributed by atoms with Gasteiger partial charge >= 0.3 is 0 Å². The van der Waals surface area contributed by atoms with E-state index in [1.54, 1.807) is 4.90 Å². The minimum Gasteiger partial charge on any atom is -0.325 e. The molecule has 1 aliphatic rings. The predicted octanol–water partition coefficient (Wildman–Crippen LogP) is 4.35. The van der Waals surface area contributed by atoms with Crippen molar-refractivity contribution in [2.45, 2.75) is 31.6 Å². The standard InChI is InChI=1S/C23H24N4O2S/c1-16-23(17(2)27(25-16)20-7-4-3-5-8-20)30-15-21(28)24-18-10-12-19(13-11-18)26-14-6-9-22(26)29/h3-5,7-8,10-13H,6,9,14-15H2,1-2H3,(H,24,28). The van der Waals surface area contributed by atoms with E-state index in [4.69, 9.17) is 0 Å². The Hall–Kier alpha value is -3.06. The van der Waals surface area contributed by atoms with E-state index in [1.807, 2.05) is 73.1 Å². The van der Waals surface area contributed by atoms with Gasteiger partial charge in [0.2, 0.25) is 11.8 Å². The minimum absolute atomic E-state index is 0.0729. The van der Waals surface area contributed by atoms with Gasteiger partial charge in [-0.05, 0) is 56.7 Å². The number of benzene rings is 2. The number of aryl methyl sites for hydroxylation is 1. The van der Waals surface area contributed by atoms with Gasteiger partial charge in [0.15, 0.2) is 0 Å². The Labute approximate surface area is 180 Å². The van der Waals surface area contributed by atoms with Crippen LogP contribution in [0.3, 0.4) is 0 Å². The average Bonchev–Trinajstić information content (AvgIpc) is 3.30. The summed E-state index contributed by atoms with van der Waals surface area (Å²) in [6.07, 6.45) is 1.50. The SMILES string of the molecule is Cc1nn(-c2ccccc2)c(C)c1SCC(=O)Nc1ccc(N2CCCC2=O)cc1. The first-order chi connectivity index (χ1) is 14.5. The fourth-order valence-electron chi connectivity index (χ4n) is 3.64. The fraction of sp³-hybridized carbons (Fsp3) is 0.261. The van der Waals surface area contributed by atoms with Crippen molar-refractivity contribution in [3.05, 3.63) is 66.0 Å². The van der Waals surface area contributed by atoms with Gasteiger partial charge < -0.3 is 10.2 Å². The molecule has 0 radical (unpaired) electrons. The van der Waals surface area contributed by atoms with Crippen LogP contribution in [0.2, 0.25) is 0 Å². The Balaban J connectivity index is 1.37. The van der Waals surface area contributed by atoms with Crippen LogP contribution in [0.15, 0.2) is 59.5 Å². The quantitative estimate of drug-likeness (QED) is 0.602. The molecule has 2 aromatic carbocycles. The number of anilines is 2. The first-order valence-electron chi connectivity index (χ1n) is 9.97. The number of para-hydroxylation sites is 1. The molecule has 3 aromatic rings. The minimum atomic E-state index is -0.0729. The van der Waals surface area contributed by atoms with E-state index in [-0.39, 0.29) is 11.8 Å². The molecule has 0 unspecified atom stereocenters. The van der Waals surface area contributed by atoms with Gasteiger partial charge in [-0.2, -0.15) is 5.10 Å². The lowest BCUT2D eigenvalue weighted by Crippen LogP contribution is -2.23. The number of rotatable bonds is 6. The van der Waals surface area contributed by atoms with E-state index in [1.165, 1.54) is 11.8 Å². The maximum Gasteiger partial charge on any atom is 0.234 e. The van der Waals surface area contributed by atoms with Crippen molar-refractivity contribution in [3.63, 3.8) is 0 Å². The summed E-state index contributed by atoms with van der Waals surface area (Å²) >= 11 is 1.49. The molecule has 4 rings (SSSR count). The van der Waals surface area contributed by atoms with Gasteiger partial charge in [-0.3, -0.25) is 9.59 Å². The van der Waals surface area contributed by atoms with Crippen LogP contribution >= 0.6 is 11.8 Å². The fourth-order valence-corrected chi connectivity index (χ4v) is 4.53. The van der Waals surface area contributed by atoms with Gasteiger partial charge in [-0.25, -0.2) is 4.68 Å². The Kier molecular flexibility index (Phi) is 5.90. The van der Waals surface area contributed by atoms with Crippen LogP contribution < -0.4 is 10.2 Å². The average molecular weight is 421 g/mol. The van der Waals surface area contributed by atoms with Gasteiger partial charge in [-0.15, -0.1) is 11.8 Å². The summed E-state index contributed by atoms with van der Waals surface area (Å²) in [5, 5.41) is 7.56. The molecule has 0 saturated carbocycles. The summed E-state index contributed by atoms with van der Waals surface area (Å²) in [6.45, 7) is 4.74. The highest BCUT2D eigenvalue weighted by Gasteiger charge is 2.21. The van der Waals surface area contributed by atoms with E-state index >= 15 is 0 Å². The number of aromatic nitrogens is 2. The smallest absolute Gasteiger partial charge is 0.234 e. The van der Waals surface area contributed by atoms with Crippen LogP contribution in [0.4, 0.5) is 11.4 Å². The lowest BCUT2D eigenvalue weighted by atomic mass is 10.2. The maximum atomic E-state index is 12.5. The lowest BCUT2D eigenvalue weighted by molar-refractivity contribution is -0.117. The van der Waals surface area contributed by atoms with E-state index in [0.29, 0.717) is 12.2 Å². The lowest BCUT2D eigenvalue weighted by Gasteiger charge is -2.16. The van der Waals surface area contributed by atoms with Gasteiger partial charge in [0.1, 0.15) is 0 Å². The first-order valence-corrected chi connectivity index (χ1v) is 11.0. The number of nitrogens with one attached hydrogen (secondary N) is 1. The van der Waals surface area contributed by atoms with Crippen LogP contribution in [0, 0.1) is 13.8 Å². The molecule has 1 aromatic heterocycles. The molecule has 0 aliphatic carbocycles. The summed E-state index contributed by atoms with van der Waals surface area (Å²) in [4.78, 5) is 27.1. The highest BCUT2D eigenvalue weighted by Crippen LogP contribution is 2.28. The van der Waals surface area contributed by atoms with Crippen LogP contribution in [0.1, 0.15) is 24.2 Å². The van der Waals surface area contributed by atoms with Crippen molar-refractivity contribution in [1.29, 1.82) is 0 Å². The molecule has 30 heavy (non-hydrogen) atoms. The molecule has 0 bridgehead atoms. The summed E-state index contributed by atoms with van der Waals surface area (Å²) in [5.74, 6) is 0.385. The van der Waals surface area contributed by atoms with E-state index in [2.05, 4.69) is 10.4 Å². The number of thioether (sulfide) groups is 1. The molecule has 6 nitrogen and oxygen atoms in total. The predicted molar refractivity (Wildman–Crippen MR) is 120 cm³/mol. The molecule has 1 aliphatic heterocycles. The Morgan fingerprint density at radius 1 is 1.07 bits per heavy atom. The molecule has 1 N–H and O–H groups in total. The molecule has 1 saturated heterocycles. The zero-order valence-corrected chi connectivity index (χ0v) is 17.9. The van der Waals surface area contributed by atoms with Crippen LogP contribution in [0.25, 0.3) is 5.69 Å². The number of nitrogens with zero attached hydrogens (tertiary/aromatic N) is 3. The highest BCUT2D eigenvalue weighted by molar-refractivity contribution is 8.00. The molecule has 2 amide bonds. The van der Waals surface area contributed by atoms with Crippen LogP contribution in [0.5, 0.6) is 0 Å². The molecule has 2 heterocycles. The third-order valence-corrected chi connectivity index (χ3v) is 6.40. The molecular formula is C23H24N4O2S. The van der Waals surface area contributed by atoms with Gasteiger partial charge in [-0.1, -0.05) is 18.2 Å². The summed E-state index contributed by atoms with van der Waals surface area (Å²) in [7, 11) is 0. The third kappa shape index (κ3) is 4.26. The van der Waals surface area contributed by atoms with Crippen molar-refractivity contribution >= 4 is 35.0 Å². The normalized spacial score (nSPS) is 13.7. The van der Waals surface area contributed by atoms with Crippen molar-refractivity contribution < 1.29 is 9.59 Å². The molecule has 0 spiro atoms. The number of amides is 2. The number of carbonyl (C=O) groups is 2. The van der Waals surface area contributed by atoms with E-state index < -0.39 is 0 Å². The Morgan fingerprint density at radius 2 is 1.80 bits per heavy atom. The second kappa shape index (κ2) is 8.75. The van der Waals surface area contributed by atoms with Gasteiger partial charge in [0.25, 0.3) is 0 Å². The van der Waals surface area contributed by atoms with Crippen LogP contribution in [-0.4, -0.2) is 33.9 Å². The third-order valence-electron chi connectivity index (χ3n) is 5.11. The van der Waals surface area contributed by atoms with Crippen molar-refractivity contribution in [1.82, 2.24) is 9.78 Å².